The molecule has 0 aromatic carbocycles. The topological polar surface area (TPSA) is 3.24 Å². The minimum absolute atomic E-state index is 0.304. The van der Waals surface area contributed by atoms with Gasteiger partial charge in [0, 0.05) is 6.04 Å². The molecule has 0 aromatic rings. The molecule has 0 saturated carbocycles. The highest BCUT2D eigenvalue weighted by Gasteiger charge is 2.23. The molecule has 0 bridgehead atoms. The molecule has 0 spiro atoms. The highest BCUT2D eigenvalue weighted by Crippen LogP contribution is 2.21. The second-order valence-corrected chi connectivity index (χ2v) is 4.03. The van der Waals surface area contributed by atoms with Gasteiger partial charge in [0.25, 0.3) is 0 Å². The molecule has 0 aliphatic carbocycles. The molecule has 0 aromatic heterocycles. The quantitative estimate of drug-likeness (QED) is 0.514. The van der Waals surface area contributed by atoms with Gasteiger partial charge in [-0.3, -0.25) is 0 Å². The zero-order chi connectivity index (χ0) is 8.43. The first-order chi connectivity index (χ1) is 5.11. The molecule has 1 rings (SSSR count). The van der Waals surface area contributed by atoms with E-state index in [2.05, 4.69) is 25.7 Å². The molecule has 1 unspecified atom stereocenters. The van der Waals surface area contributed by atoms with Gasteiger partial charge in [0.05, 0.1) is 7.85 Å². The third-order valence-corrected chi connectivity index (χ3v) is 2.61. The van der Waals surface area contributed by atoms with Gasteiger partial charge in [0.15, 0.2) is 0 Å². The van der Waals surface area contributed by atoms with Crippen LogP contribution in [-0.2, 0) is 0 Å². The van der Waals surface area contributed by atoms with Crippen LogP contribution in [0.3, 0.4) is 0 Å². The summed E-state index contributed by atoms with van der Waals surface area (Å²) in [6, 6.07) is 0.609. The predicted octanol–water partition coefficient (Wildman–Crippen LogP) is 1.62. The van der Waals surface area contributed by atoms with Gasteiger partial charge < -0.3 is 4.90 Å². The lowest BCUT2D eigenvalue weighted by Crippen LogP contribution is -2.46. The van der Waals surface area contributed by atoms with Crippen LogP contribution >= 0.6 is 0 Å². The van der Waals surface area contributed by atoms with Crippen molar-refractivity contribution in [1.82, 2.24) is 4.90 Å². The lowest BCUT2D eigenvalue weighted by molar-refractivity contribution is 0.132. The van der Waals surface area contributed by atoms with E-state index in [9.17, 15) is 0 Å². The Kier molecular flexibility index (Phi) is 3.00. The summed E-state index contributed by atoms with van der Waals surface area (Å²) in [5.74, 6) is 1.12. The molecule has 1 saturated heterocycles. The summed E-state index contributed by atoms with van der Waals surface area (Å²) in [5, 5.41) is 0. The number of hydrogen-bond donors (Lipinski definition) is 0. The number of rotatable bonds is 1. The largest absolute Gasteiger partial charge is 0.307 e. The van der Waals surface area contributed by atoms with Gasteiger partial charge in [0.2, 0.25) is 0 Å². The van der Waals surface area contributed by atoms with Crippen LogP contribution in [0, 0.1) is 5.92 Å². The standard InChI is InChI=1S/C9H18BN/c1-7(2)11-5-4-8(3)6-9(11)10/h7-9H,4-6H2,1-3H3/t8-,9?/m1/s1. The minimum Gasteiger partial charge on any atom is -0.307 e. The van der Waals surface area contributed by atoms with Crippen LogP contribution in [0.25, 0.3) is 0 Å². The van der Waals surface area contributed by atoms with Gasteiger partial charge in [-0.2, -0.15) is 0 Å². The SMILES string of the molecule is [B]C1C[C@H](C)CCN1C(C)C. The summed E-state index contributed by atoms with van der Waals surface area (Å²) >= 11 is 0. The Bertz CT molecular complexity index is 125. The Morgan fingerprint density at radius 2 is 2.09 bits per heavy atom. The van der Waals surface area contributed by atoms with E-state index in [1.807, 2.05) is 0 Å². The van der Waals surface area contributed by atoms with Crippen molar-refractivity contribution in [3.05, 3.63) is 0 Å². The molecule has 1 heterocycles. The fourth-order valence-electron chi connectivity index (χ4n) is 1.84. The Labute approximate surface area is 71.6 Å². The molecule has 0 amide bonds. The van der Waals surface area contributed by atoms with E-state index in [1.54, 1.807) is 0 Å². The lowest BCUT2D eigenvalue weighted by atomic mass is 9.80. The van der Waals surface area contributed by atoms with E-state index < -0.39 is 0 Å². The van der Waals surface area contributed by atoms with E-state index in [0.717, 1.165) is 12.3 Å². The normalized spacial score (nSPS) is 34.5. The molecule has 1 fully saturated rings. The second kappa shape index (κ2) is 3.62. The number of piperidine rings is 1. The van der Waals surface area contributed by atoms with Gasteiger partial charge in [-0.05, 0) is 45.1 Å². The second-order valence-electron chi connectivity index (χ2n) is 4.03. The molecular weight excluding hydrogens is 133 g/mol. The summed E-state index contributed by atoms with van der Waals surface area (Å²) in [5.41, 5.74) is 0. The summed E-state index contributed by atoms with van der Waals surface area (Å²) in [6.07, 6.45) is 2.48. The van der Waals surface area contributed by atoms with Gasteiger partial charge in [0.1, 0.15) is 0 Å². The third kappa shape index (κ3) is 2.23. The number of likely N-dealkylation sites (tertiary alicyclic amines) is 1. The first kappa shape index (κ1) is 9.12. The highest BCUT2D eigenvalue weighted by atomic mass is 15.2. The zero-order valence-electron chi connectivity index (χ0n) is 7.88. The lowest BCUT2D eigenvalue weighted by Gasteiger charge is -2.39. The van der Waals surface area contributed by atoms with Crippen LogP contribution in [-0.4, -0.2) is 31.3 Å². The van der Waals surface area contributed by atoms with Crippen LogP contribution in [0.4, 0.5) is 0 Å². The average molecular weight is 151 g/mol. The highest BCUT2D eigenvalue weighted by molar-refractivity contribution is 6.11. The third-order valence-electron chi connectivity index (χ3n) is 2.61. The van der Waals surface area contributed by atoms with Crippen LogP contribution in [0.2, 0.25) is 0 Å². The van der Waals surface area contributed by atoms with Crippen molar-refractivity contribution in [3.63, 3.8) is 0 Å². The van der Waals surface area contributed by atoms with Gasteiger partial charge >= 0.3 is 0 Å². The van der Waals surface area contributed by atoms with E-state index in [1.165, 1.54) is 13.0 Å². The van der Waals surface area contributed by atoms with Crippen molar-refractivity contribution in [2.24, 2.45) is 5.92 Å². The van der Waals surface area contributed by atoms with Gasteiger partial charge in [-0.15, -0.1) is 0 Å². The summed E-state index contributed by atoms with van der Waals surface area (Å²) < 4.78 is 0. The van der Waals surface area contributed by atoms with Gasteiger partial charge in [-0.25, -0.2) is 0 Å². The molecule has 0 N–H and O–H groups in total. The molecular formula is C9H18BN. The predicted molar refractivity (Wildman–Crippen MR) is 49.8 cm³/mol. The van der Waals surface area contributed by atoms with Crippen LogP contribution in [0.5, 0.6) is 0 Å². The fraction of sp³-hybridized carbons (Fsp3) is 1.00. The maximum absolute atomic E-state index is 6.00. The molecule has 1 aliphatic rings. The van der Waals surface area contributed by atoms with E-state index in [4.69, 9.17) is 7.85 Å². The fourth-order valence-corrected chi connectivity index (χ4v) is 1.84. The first-order valence-corrected chi connectivity index (χ1v) is 4.62. The van der Waals surface area contributed by atoms with Crippen LogP contribution < -0.4 is 0 Å². The van der Waals surface area contributed by atoms with E-state index in [-0.39, 0.29) is 0 Å². The van der Waals surface area contributed by atoms with Crippen molar-refractivity contribution < 1.29 is 0 Å². The molecule has 2 heteroatoms. The van der Waals surface area contributed by atoms with Crippen molar-refractivity contribution >= 4 is 7.85 Å². The van der Waals surface area contributed by atoms with Crippen molar-refractivity contribution in [1.29, 1.82) is 0 Å². The van der Waals surface area contributed by atoms with Crippen LogP contribution in [0.15, 0.2) is 0 Å². The smallest absolute Gasteiger partial charge is 0.0910 e. The van der Waals surface area contributed by atoms with Crippen molar-refractivity contribution in [3.8, 4) is 0 Å². The number of hydrogen-bond acceptors (Lipinski definition) is 1. The zero-order valence-corrected chi connectivity index (χ0v) is 7.88. The monoisotopic (exact) mass is 151 g/mol. The molecule has 1 aliphatic heterocycles. The van der Waals surface area contributed by atoms with Crippen molar-refractivity contribution in [2.45, 2.75) is 45.6 Å². The van der Waals surface area contributed by atoms with Gasteiger partial charge in [-0.1, -0.05) is 6.92 Å². The Morgan fingerprint density at radius 3 is 2.55 bits per heavy atom. The summed E-state index contributed by atoms with van der Waals surface area (Å²) in [6.45, 7) is 7.91. The van der Waals surface area contributed by atoms with Crippen molar-refractivity contribution in [2.75, 3.05) is 6.54 Å². The maximum atomic E-state index is 6.00. The molecule has 62 valence electrons. The van der Waals surface area contributed by atoms with E-state index >= 15 is 0 Å². The average Bonchev–Trinajstić information content (AvgIpc) is 1.85. The molecule has 2 atom stereocenters. The maximum Gasteiger partial charge on any atom is 0.0910 e. The Balaban J connectivity index is 2.44. The molecule has 1 nitrogen and oxygen atoms in total. The molecule has 2 radical (unpaired) electrons. The summed E-state index contributed by atoms with van der Waals surface area (Å²) in [4.78, 5) is 2.39. The first-order valence-electron chi connectivity index (χ1n) is 4.62. The summed E-state index contributed by atoms with van der Waals surface area (Å²) in [7, 11) is 6.00. The van der Waals surface area contributed by atoms with Crippen LogP contribution in [0.1, 0.15) is 33.6 Å². The van der Waals surface area contributed by atoms with E-state index in [0.29, 0.717) is 12.0 Å². The Hall–Kier alpha value is 0.0249. The Morgan fingerprint density at radius 1 is 1.45 bits per heavy atom. The number of nitrogens with zero attached hydrogens (tertiary/aromatic N) is 1. The minimum atomic E-state index is 0.304. The molecule has 11 heavy (non-hydrogen) atoms.